The minimum absolute atomic E-state index is 0.109. The molecule has 0 saturated carbocycles. The van der Waals surface area contributed by atoms with Crippen molar-refractivity contribution in [3.63, 3.8) is 0 Å². The van der Waals surface area contributed by atoms with Gasteiger partial charge in [-0.1, -0.05) is 46.3 Å². The van der Waals surface area contributed by atoms with Gasteiger partial charge in [-0.25, -0.2) is 4.99 Å². The summed E-state index contributed by atoms with van der Waals surface area (Å²) in [5, 5.41) is 3.15. The Bertz CT molecular complexity index is 1150. The zero-order chi connectivity index (χ0) is 22.7. The topological polar surface area (TPSA) is 71.0 Å². The highest BCUT2D eigenvalue weighted by Crippen LogP contribution is 2.26. The highest BCUT2D eigenvalue weighted by molar-refractivity contribution is 9.11. The van der Waals surface area contributed by atoms with Crippen molar-refractivity contribution in [2.75, 3.05) is 7.11 Å². The summed E-state index contributed by atoms with van der Waals surface area (Å²) in [4.78, 5) is 31.3. The van der Waals surface area contributed by atoms with E-state index in [1.54, 1.807) is 25.3 Å². The van der Waals surface area contributed by atoms with E-state index >= 15 is 0 Å². The largest absolute Gasteiger partial charge is 0.497 e. The SMILES string of the molecule is COc1ccc(CNC(=O)c2ccc(CN3C(=O)C4C=C(Br)C=CC4=NC3=S)cc2)cc1. The van der Waals surface area contributed by atoms with Gasteiger partial charge in [-0.15, -0.1) is 0 Å². The van der Waals surface area contributed by atoms with E-state index in [0.29, 0.717) is 24.4 Å². The van der Waals surface area contributed by atoms with Gasteiger partial charge in [-0.3, -0.25) is 14.5 Å². The number of thiocarbonyl (C=S) groups is 1. The van der Waals surface area contributed by atoms with Crippen molar-refractivity contribution in [3.05, 3.63) is 87.9 Å². The Morgan fingerprint density at radius 2 is 1.81 bits per heavy atom. The lowest BCUT2D eigenvalue weighted by molar-refractivity contribution is -0.128. The number of amides is 2. The summed E-state index contributed by atoms with van der Waals surface area (Å²) < 4.78 is 5.98. The van der Waals surface area contributed by atoms with E-state index in [0.717, 1.165) is 21.4 Å². The number of aliphatic imine (C=N–C) groups is 1. The molecule has 0 fully saturated rings. The van der Waals surface area contributed by atoms with Crippen LogP contribution in [0.5, 0.6) is 5.75 Å². The second-order valence-electron chi connectivity index (χ2n) is 7.33. The van der Waals surface area contributed by atoms with Gasteiger partial charge in [0.25, 0.3) is 5.91 Å². The lowest BCUT2D eigenvalue weighted by Crippen LogP contribution is -2.45. The first-order valence-electron chi connectivity index (χ1n) is 9.94. The number of fused-ring (bicyclic) bond motifs is 1. The summed E-state index contributed by atoms with van der Waals surface area (Å²) in [7, 11) is 1.61. The van der Waals surface area contributed by atoms with Gasteiger partial charge < -0.3 is 10.1 Å². The number of benzene rings is 2. The maximum atomic E-state index is 12.9. The smallest absolute Gasteiger partial charge is 0.251 e. The standard InChI is InChI=1S/C24H20BrN3O3S/c1-31-19-9-4-15(5-10-19)13-26-22(29)17-6-2-16(3-7-17)14-28-23(30)20-12-18(25)8-11-21(20)27-24(28)32/h2-12,20H,13-14H2,1H3,(H,26,29). The molecule has 0 aromatic heterocycles. The molecule has 1 N–H and O–H groups in total. The molecular formula is C24H20BrN3O3S. The minimum atomic E-state index is -0.441. The number of halogens is 1. The number of nitrogens with one attached hydrogen (secondary N) is 1. The van der Waals surface area contributed by atoms with Crippen molar-refractivity contribution in [3.8, 4) is 5.75 Å². The summed E-state index contributed by atoms with van der Waals surface area (Å²) in [6.45, 7) is 0.717. The van der Waals surface area contributed by atoms with Gasteiger partial charge in [0, 0.05) is 16.6 Å². The molecule has 1 atom stereocenters. The van der Waals surface area contributed by atoms with Gasteiger partial charge in [0.2, 0.25) is 11.0 Å². The third kappa shape index (κ3) is 4.87. The van der Waals surface area contributed by atoms with Crippen LogP contribution < -0.4 is 10.1 Å². The first-order chi connectivity index (χ1) is 15.4. The zero-order valence-corrected chi connectivity index (χ0v) is 19.7. The Labute approximate surface area is 199 Å². The van der Waals surface area contributed by atoms with Gasteiger partial charge in [0.1, 0.15) is 11.7 Å². The molecule has 1 aliphatic carbocycles. The zero-order valence-electron chi connectivity index (χ0n) is 17.2. The number of rotatable bonds is 6. The molecule has 2 aromatic carbocycles. The molecular weight excluding hydrogens is 490 g/mol. The van der Waals surface area contributed by atoms with Gasteiger partial charge in [-0.05, 0) is 59.8 Å². The van der Waals surface area contributed by atoms with Crippen LogP contribution in [0.4, 0.5) is 0 Å². The average Bonchev–Trinajstić information content (AvgIpc) is 2.81. The molecule has 1 unspecified atom stereocenters. The third-order valence-corrected chi connectivity index (χ3v) is 6.05. The van der Waals surface area contributed by atoms with Crippen molar-refractivity contribution in [1.29, 1.82) is 0 Å². The number of nitrogens with zero attached hydrogens (tertiary/aromatic N) is 2. The number of carbonyl (C=O) groups excluding carboxylic acids is 2. The van der Waals surface area contributed by atoms with Crippen LogP contribution in [0.1, 0.15) is 21.5 Å². The number of allylic oxidation sites excluding steroid dienone is 3. The van der Waals surface area contributed by atoms with Crippen LogP contribution in [0.3, 0.4) is 0 Å². The number of methoxy groups -OCH3 is 1. The maximum Gasteiger partial charge on any atom is 0.251 e. The van der Waals surface area contributed by atoms with Crippen LogP contribution in [0, 0.1) is 5.92 Å². The van der Waals surface area contributed by atoms with E-state index in [1.165, 1.54) is 4.90 Å². The Balaban J connectivity index is 1.38. The first-order valence-corrected chi connectivity index (χ1v) is 11.1. The Morgan fingerprint density at radius 3 is 2.50 bits per heavy atom. The normalized spacial score (nSPS) is 17.4. The maximum absolute atomic E-state index is 12.9. The Kier molecular flexibility index (Phi) is 6.62. The average molecular weight is 510 g/mol. The summed E-state index contributed by atoms with van der Waals surface area (Å²) >= 11 is 8.75. The first kappa shape index (κ1) is 22.1. The Morgan fingerprint density at radius 1 is 1.12 bits per heavy atom. The molecule has 4 rings (SSSR count). The molecule has 162 valence electrons. The van der Waals surface area contributed by atoms with Gasteiger partial charge in [-0.2, -0.15) is 0 Å². The van der Waals surface area contributed by atoms with Crippen LogP contribution in [0.15, 0.2) is 76.2 Å². The van der Waals surface area contributed by atoms with Crippen LogP contribution in [-0.2, 0) is 17.9 Å². The highest BCUT2D eigenvalue weighted by atomic mass is 79.9. The van der Waals surface area contributed by atoms with Crippen LogP contribution in [0.25, 0.3) is 0 Å². The highest BCUT2D eigenvalue weighted by Gasteiger charge is 2.34. The molecule has 1 aliphatic heterocycles. The summed E-state index contributed by atoms with van der Waals surface area (Å²) in [5.74, 6) is 0.0507. The molecule has 2 aromatic rings. The van der Waals surface area contributed by atoms with Crippen LogP contribution >= 0.6 is 28.1 Å². The lowest BCUT2D eigenvalue weighted by Gasteiger charge is -2.30. The minimum Gasteiger partial charge on any atom is -0.497 e. The molecule has 0 saturated heterocycles. The van der Waals surface area contributed by atoms with Gasteiger partial charge >= 0.3 is 0 Å². The van der Waals surface area contributed by atoms with E-state index in [-0.39, 0.29) is 16.9 Å². The number of hydrogen-bond donors (Lipinski definition) is 1. The fraction of sp³-hybridized carbons (Fsp3) is 0.167. The molecule has 2 aliphatic rings. The van der Waals surface area contributed by atoms with Crippen molar-refractivity contribution < 1.29 is 14.3 Å². The monoisotopic (exact) mass is 509 g/mol. The molecule has 0 bridgehead atoms. The van der Waals surface area contributed by atoms with E-state index in [1.807, 2.05) is 48.6 Å². The van der Waals surface area contributed by atoms with Crippen molar-refractivity contribution >= 4 is 50.8 Å². The summed E-state index contributed by atoms with van der Waals surface area (Å²) in [5.41, 5.74) is 3.04. The van der Waals surface area contributed by atoms with Crippen molar-refractivity contribution in [2.24, 2.45) is 10.9 Å². The van der Waals surface area contributed by atoms with E-state index in [2.05, 4.69) is 26.2 Å². The summed E-state index contributed by atoms with van der Waals surface area (Å²) in [6, 6.07) is 14.7. The molecule has 0 radical (unpaired) electrons. The third-order valence-electron chi connectivity index (χ3n) is 5.21. The number of hydrogen-bond acceptors (Lipinski definition) is 4. The lowest BCUT2D eigenvalue weighted by atomic mass is 9.95. The predicted molar refractivity (Wildman–Crippen MR) is 131 cm³/mol. The quantitative estimate of drug-likeness (QED) is 0.593. The second kappa shape index (κ2) is 9.58. The van der Waals surface area contributed by atoms with Gasteiger partial charge in [0.05, 0.1) is 19.4 Å². The molecule has 32 heavy (non-hydrogen) atoms. The fourth-order valence-corrected chi connectivity index (χ4v) is 4.08. The van der Waals surface area contributed by atoms with E-state index in [9.17, 15) is 9.59 Å². The number of ether oxygens (including phenoxy) is 1. The second-order valence-corrected chi connectivity index (χ2v) is 8.61. The number of carbonyl (C=O) groups is 2. The molecule has 1 heterocycles. The van der Waals surface area contributed by atoms with Gasteiger partial charge in [0.15, 0.2) is 0 Å². The molecule has 8 heteroatoms. The summed E-state index contributed by atoms with van der Waals surface area (Å²) in [6.07, 6.45) is 5.47. The predicted octanol–water partition coefficient (Wildman–Crippen LogP) is 4.16. The van der Waals surface area contributed by atoms with Crippen molar-refractivity contribution in [2.45, 2.75) is 13.1 Å². The molecule has 6 nitrogen and oxygen atoms in total. The van der Waals surface area contributed by atoms with Crippen molar-refractivity contribution in [1.82, 2.24) is 10.2 Å². The molecule has 2 amide bonds. The molecule has 0 spiro atoms. The van der Waals surface area contributed by atoms with E-state index < -0.39 is 5.92 Å². The van der Waals surface area contributed by atoms with E-state index in [4.69, 9.17) is 17.0 Å². The fourth-order valence-electron chi connectivity index (χ4n) is 3.42. The Hall–Kier alpha value is -3.10. The van der Waals surface area contributed by atoms with Crippen LogP contribution in [0.2, 0.25) is 0 Å². The van der Waals surface area contributed by atoms with Crippen LogP contribution in [-0.4, -0.2) is 34.6 Å².